The van der Waals surface area contributed by atoms with Crippen molar-refractivity contribution >= 4 is 27.4 Å². The van der Waals surface area contributed by atoms with E-state index in [0.717, 1.165) is 28.3 Å². The lowest BCUT2D eigenvalue weighted by Gasteiger charge is -2.24. The van der Waals surface area contributed by atoms with Gasteiger partial charge in [0.2, 0.25) is 0 Å². The van der Waals surface area contributed by atoms with Crippen molar-refractivity contribution in [2.75, 3.05) is 4.90 Å². The summed E-state index contributed by atoms with van der Waals surface area (Å²) in [7, 11) is 0. The number of aromatic nitrogens is 3. The van der Waals surface area contributed by atoms with Crippen LogP contribution in [0.3, 0.4) is 0 Å². The topological polar surface area (TPSA) is 41.9 Å². The molecule has 3 aromatic heterocycles. The Morgan fingerprint density at radius 1 is 1.04 bits per heavy atom. The predicted octanol–water partition coefficient (Wildman–Crippen LogP) is 5.23. The van der Waals surface area contributed by atoms with E-state index >= 15 is 0 Å². The standard InChI is InChI=1S/C22H20N4S/c1-15-5-7-16(8-6-15)19-13-27-22-20(19)21(24-14-25-22)26(18-9-10-18)12-17-4-2-3-11-23-17/h2-8,11,13-14,18H,9-10,12H2,1H3. The molecule has 134 valence electrons. The van der Waals surface area contributed by atoms with E-state index in [9.17, 15) is 0 Å². The van der Waals surface area contributed by atoms with E-state index < -0.39 is 0 Å². The fourth-order valence-electron chi connectivity index (χ4n) is 3.45. The van der Waals surface area contributed by atoms with Gasteiger partial charge in [-0.05, 0) is 37.5 Å². The summed E-state index contributed by atoms with van der Waals surface area (Å²) in [5, 5.41) is 3.37. The Balaban J connectivity index is 1.63. The highest BCUT2D eigenvalue weighted by molar-refractivity contribution is 7.17. The highest BCUT2D eigenvalue weighted by Crippen LogP contribution is 2.41. The van der Waals surface area contributed by atoms with Crippen molar-refractivity contribution in [3.63, 3.8) is 0 Å². The number of pyridine rings is 1. The lowest BCUT2D eigenvalue weighted by Crippen LogP contribution is -2.26. The van der Waals surface area contributed by atoms with Crippen LogP contribution in [0.15, 0.2) is 60.4 Å². The molecule has 0 saturated heterocycles. The lowest BCUT2D eigenvalue weighted by molar-refractivity contribution is 0.764. The fraction of sp³-hybridized carbons (Fsp3) is 0.227. The molecule has 0 bridgehead atoms. The fourth-order valence-corrected chi connectivity index (χ4v) is 4.36. The van der Waals surface area contributed by atoms with Gasteiger partial charge in [0.25, 0.3) is 0 Å². The maximum atomic E-state index is 4.73. The molecule has 1 saturated carbocycles. The summed E-state index contributed by atoms with van der Waals surface area (Å²) in [6.07, 6.45) is 5.98. The van der Waals surface area contributed by atoms with E-state index in [2.05, 4.69) is 57.5 Å². The number of fused-ring (bicyclic) bond motifs is 1. The molecule has 1 aromatic carbocycles. The molecular formula is C22H20N4S. The lowest BCUT2D eigenvalue weighted by atomic mass is 10.0. The normalized spacial score (nSPS) is 13.8. The van der Waals surface area contributed by atoms with Gasteiger partial charge in [-0.1, -0.05) is 35.9 Å². The van der Waals surface area contributed by atoms with Gasteiger partial charge in [0.15, 0.2) is 0 Å². The van der Waals surface area contributed by atoms with Crippen LogP contribution >= 0.6 is 11.3 Å². The summed E-state index contributed by atoms with van der Waals surface area (Å²) < 4.78 is 0. The summed E-state index contributed by atoms with van der Waals surface area (Å²) >= 11 is 1.69. The van der Waals surface area contributed by atoms with Gasteiger partial charge in [0.1, 0.15) is 17.0 Å². The molecule has 0 aliphatic heterocycles. The van der Waals surface area contributed by atoms with Crippen LogP contribution in [-0.2, 0) is 6.54 Å². The molecule has 3 heterocycles. The van der Waals surface area contributed by atoms with Gasteiger partial charge in [0.05, 0.1) is 17.6 Å². The number of nitrogens with zero attached hydrogens (tertiary/aromatic N) is 4. The Hall–Kier alpha value is -2.79. The molecule has 0 spiro atoms. The molecule has 0 radical (unpaired) electrons. The van der Waals surface area contributed by atoms with Crippen LogP contribution in [0.5, 0.6) is 0 Å². The third kappa shape index (κ3) is 3.19. The van der Waals surface area contributed by atoms with E-state index in [4.69, 9.17) is 4.98 Å². The highest BCUT2D eigenvalue weighted by Gasteiger charge is 2.32. The summed E-state index contributed by atoms with van der Waals surface area (Å²) in [6.45, 7) is 2.90. The van der Waals surface area contributed by atoms with Gasteiger partial charge in [-0.2, -0.15) is 0 Å². The number of aryl methyl sites for hydroxylation is 1. The van der Waals surface area contributed by atoms with Crippen molar-refractivity contribution in [1.82, 2.24) is 15.0 Å². The molecule has 0 unspecified atom stereocenters. The third-order valence-electron chi connectivity index (χ3n) is 5.03. The summed E-state index contributed by atoms with van der Waals surface area (Å²) in [5.41, 5.74) is 4.78. The molecule has 1 fully saturated rings. The zero-order chi connectivity index (χ0) is 18.2. The first-order valence-electron chi connectivity index (χ1n) is 9.25. The van der Waals surface area contributed by atoms with Crippen LogP contribution in [0.25, 0.3) is 21.3 Å². The van der Waals surface area contributed by atoms with Crippen molar-refractivity contribution < 1.29 is 0 Å². The Labute approximate surface area is 162 Å². The van der Waals surface area contributed by atoms with Crippen LogP contribution < -0.4 is 4.90 Å². The van der Waals surface area contributed by atoms with E-state index in [-0.39, 0.29) is 0 Å². The van der Waals surface area contributed by atoms with Crippen molar-refractivity contribution in [3.8, 4) is 11.1 Å². The predicted molar refractivity (Wildman–Crippen MR) is 111 cm³/mol. The van der Waals surface area contributed by atoms with Gasteiger partial charge in [0, 0.05) is 23.2 Å². The zero-order valence-corrected chi connectivity index (χ0v) is 16.0. The smallest absolute Gasteiger partial charge is 0.142 e. The summed E-state index contributed by atoms with van der Waals surface area (Å²) in [4.78, 5) is 17.3. The monoisotopic (exact) mass is 372 g/mol. The Kier molecular flexibility index (Phi) is 4.09. The average molecular weight is 372 g/mol. The zero-order valence-electron chi connectivity index (χ0n) is 15.2. The van der Waals surface area contributed by atoms with E-state index in [0.29, 0.717) is 6.04 Å². The highest BCUT2D eigenvalue weighted by atomic mass is 32.1. The molecular weight excluding hydrogens is 352 g/mol. The van der Waals surface area contributed by atoms with Gasteiger partial charge in [-0.3, -0.25) is 4.98 Å². The molecule has 0 N–H and O–H groups in total. The number of rotatable bonds is 5. The summed E-state index contributed by atoms with van der Waals surface area (Å²) in [5.74, 6) is 1.03. The van der Waals surface area contributed by atoms with Gasteiger partial charge in [-0.15, -0.1) is 11.3 Å². The molecule has 5 rings (SSSR count). The third-order valence-corrected chi connectivity index (χ3v) is 5.92. The molecule has 27 heavy (non-hydrogen) atoms. The van der Waals surface area contributed by atoms with Crippen LogP contribution in [0.4, 0.5) is 5.82 Å². The van der Waals surface area contributed by atoms with Crippen LogP contribution in [0.1, 0.15) is 24.1 Å². The molecule has 4 nitrogen and oxygen atoms in total. The maximum Gasteiger partial charge on any atom is 0.142 e. The Morgan fingerprint density at radius 3 is 2.63 bits per heavy atom. The Morgan fingerprint density at radius 2 is 1.89 bits per heavy atom. The maximum absolute atomic E-state index is 4.73. The molecule has 0 amide bonds. The minimum absolute atomic E-state index is 0.538. The molecule has 1 aliphatic rings. The van der Waals surface area contributed by atoms with Gasteiger partial charge < -0.3 is 4.90 Å². The second-order valence-electron chi connectivity index (χ2n) is 7.07. The second kappa shape index (κ2) is 6.74. The van der Waals surface area contributed by atoms with Crippen molar-refractivity contribution in [2.24, 2.45) is 0 Å². The molecule has 4 aromatic rings. The molecule has 0 atom stereocenters. The van der Waals surface area contributed by atoms with Gasteiger partial charge >= 0.3 is 0 Å². The number of hydrogen-bond acceptors (Lipinski definition) is 5. The average Bonchev–Trinajstić information content (AvgIpc) is 3.46. The van der Waals surface area contributed by atoms with Gasteiger partial charge in [-0.25, -0.2) is 9.97 Å². The largest absolute Gasteiger partial charge is 0.347 e. The number of thiophene rings is 1. The van der Waals surface area contributed by atoms with Crippen LogP contribution in [0.2, 0.25) is 0 Å². The molecule has 5 heteroatoms. The SMILES string of the molecule is Cc1ccc(-c2csc3ncnc(N(Cc4ccccn4)C4CC4)c23)cc1. The Bertz CT molecular complexity index is 1070. The van der Waals surface area contributed by atoms with Crippen molar-refractivity contribution in [1.29, 1.82) is 0 Å². The second-order valence-corrected chi connectivity index (χ2v) is 7.93. The van der Waals surface area contributed by atoms with E-state index in [1.165, 1.54) is 29.5 Å². The van der Waals surface area contributed by atoms with E-state index in [1.54, 1.807) is 17.7 Å². The van der Waals surface area contributed by atoms with E-state index in [1.807, 2.05) is 18.3 Å². The number of anilines is 1. The minimum Gasteiger partial charge on any atom is -0.347 e. The first-order valence-corrected chi connectivity index (χ1v) is 10.1. The van der Waals surface area contributed by atoms with Crippen LogP contribution in [0, 0.1) is 6.92 Å². The minimum atomic E-state index is 0.538. The molecule has 1 aliphatic carbocycles. The quantitative estimate of drug-likeness (QED) is 0.481. The first-order chi connectivity index (χ1) is 13.3. The summed E-state index contributed by atoms with van der Waals surface area (Å²) in [6, 6.07) is 15.3. The number of hydrogen-bond donors (Lipinski definition) is 0. The van der Waals surface area contributed by atoms with Crippen molar-refractivity contribution in [2.45, 2.75) is 32.4 Å². The van der Waals surface area contributed by atoms with Crippen LogP contribution in [-0.4, -0.2) is 21.0 Å². The number of benzene rings is 1. The first kappa shape index (κ1) is 16.4. The van der Waals surface area contributed by atoms with Crippen molar-refractivity contribution in [3.05, 3.63) is 71.6 Å².